The molecule has 0 saturated heterocycles. The van der Waals surface area contributed by atoms with Crippen LogP contribution in [0.1, 0.15) is 20.9 Å². The van der Waals surface area contributed by atoms with E-state index < -0.39 is 0 Å². The van der Waals surface area contributed by atoms with E-state index in [9.17, 15) is 4.79 Å². The minimum atomic E-state index is -0.357. The van der Waals surface area contributed by atoms with E-state index in [1.807, 2.05) is 0 Å². The van der Waals surface area contributed by atoms with Crippen LogP contribution < -0.4 is 20.6 Å². The number of carbonyl (C=O) groups is 1. The molecule has 0 aliphatic heterocycles. The minimum absolute atomic E-state index is 0.348. The number of aryl methyl sites for hydroxylation is 1. The molecule has 0 saturated carbocycles. The van der Waals surface area contributed by atoms with E-state index in [4.69, 9.17) is 15.2 Å². The van der Waals surface area contributed by atoms with Gasteiger partial charge in [0.15, 0.2) is 5.13 Å². The van der Waals surface area contributed by atoms with Crippen LogP contribution in [0, 0.1) is 6.92 Å². The zero-order valence-corrected chi connectivity index (χ0v) is 13.2. The highest BCUT2D eigenvalue weighted by molar-refractivity contribution is 7.17. The van der Waals surface area contributed by atoms with Crippen LogP contribution in [0.15, 0.2) is 23.3 Å². The summed E-state index contributed by atoms with van der Waals surface area (Å²) in [5.74, 6) is 0.932. The van der Waals surface area contributed by atoms with Crippen molar-refractivity contribution in [3.05, 3.63) is 34.3 Å². The van der Waals surface area contributed by atoms with Gasteiger partial charge in [0.2, 0.25) is 0 Å². The van der Waals surface area contributed by atoms with Crippen molar-refractivity contribution in [3.63, 3.8) is 0 Å². The topological polar surface area (TPSA) is 98.8 Å². The Kier molecular flexibility index (Phi) is 4.95. The quantitative estimate of drug-likeness (QED) is 0.646. The van der Waals surface area contributed by atoms with Gasteiger partial charge in [-0.1, -0.05) is 11.3 Å². The SMILES string of the molecule is COc1ccc(OC)c(C=NNC(=O)c2sc(N)nc2C)c1. The fourth-order valence-corrected chi connectivity index (χ4v) is 2.50. The van der Waals surface area contributed by atoms with E-state index in [-0.39, 0.29) is 5.91 Å². The number of nitrogens with two attached hydrogens (primary N) is 1. The summed E-state index contributed by atoms with van der Waals surface area (Å²) in [4.78, 5) is 16.4. The van der Waals surface area contributed by atoms with Crippen molar-refractivity contribution in [2.75, 3.05) is 20.0 Å². The first-order valence-electron chi connectivity index (χ1n) is 6.33. The number of anilines is 1. The first-order chi connectivity index (χ1) is 10.5. The monoisotopic (exact) mass is 320 g/mol. The molecular weight excluding hydrogens is 304 g/mol. The van der Waals surface area contributed by atoms with Gasteiger partial charge in [-0.2, -0.15) is 5.10 Å². The molecule has 0 aliphatic rings. The molecule has 0 bridgehead atoms. The standard InChI is InChI=1S/C14H16N4O3S/c1-8-12(22-14(15)17-8)13(19)18-16-7-9-6-10(20-2)4-5-11(9)21-3/h4-7H,1-3H3,(H2,15,17)(H,18,19). The minimum Gasteiger partial charge on any atom is -0.497 e. The van der Waals surface area contributed by atoms with Gasteiger partial charge >= 0.3 is 0 Å². The fourth-order valence-electron chi connectivity index (χ4n) is 1.78. The summed E-state index contributed by atoms with van der Waals surface area (Å²) < 4.78 is 10.4. The highest BCUT2D eigenvalue weighted by Gasteiger charge is 2.13. The molecule has 2 rings (SSSR count). The second kappa shape index (κ2) is 6.90. The molecule has 1 aromatic heterocycles. The number of ether oxygens (including phenoxy) is 2. The molecule has 7 nitrogen and oxygen atoms in total. The summed E-state index contributed by atoms with van der Waals surface area (Å²) in [6.45, 7) is 1.72. The number of thiazole rings is 1. The predicted molar refractivity (Wildman–Crippen MR) is 85.9 cm³/mol. The van der Waals surface area contributed by atoms with Crippen molar-refractivity contribution < 1.29 is 14.3 Å². The average molecular weight is 320 g/mol. The van der Waals surface area contributed by atoms with Crippen molar-refractivity contribution in [2.45, 2.75) is 6.92 Å². The molecule has 0 spiro atoms. The van der Waals surface area contributed by atoms with E-state index in [2.05, 4.69) is 15.5 Å². The van der Waals surface area contributed by atoms with Crippen molar-refractivity contribution in [2.24, 2.45) is 5.10 Å². The van der Waals surface area contributed by atoms with Crippen LogP contribution in [0.25, 0.3) is 0 Å². The maximum absolute atomic E-state index is 12.0. The van der Waals surface area contributed by atoms with Crippen molar-refractivity contribution in [1.82, 2.24) is 10.4 Å². The second-order valence-corrected chi connectivity index (χ2v) is 5.30. The smallest absolute Gasteiger partial charge is 0.283 e. The number of methoxy groups -OCH3 is 2. The first-order valence-corrected chi connectivity index (χ1v) is 7.15. The molecule has 22 heavy (non-hydrogen) atoms. The normalized spacial score (nSPS) is 10.7. The Morgan fingerprint density at radius 2 is 2.18 bits per heavy atom. The Bertz CT molecular complexity index is 712. The lowest BCUT2D eigenvalue weighted by Gasteiger charge is -2.06. The largest absolute Gasteiger partial charge is 0.497 e. The zero-order valence-electron chi connectivity index (χ0n) is 12.4. The van der Waals surface area contributed by atoms with Crippen molar-refractivity contribution in [3.8, 4) is 11.5 Å². The molecule has 0 fully saturated rings. The number of benzene rings is 1. The van der Waals surface area contributed by atoms with Gasteiger partial charge in [0, 0.05) is 5.56 Å². The molecule has 116 valence electrons. The van der Waals surface area contributed by atoms with Crippen LogP contribution in [0.4, 0.5) is 5.13 Å². The van der Waals surface area contributed by atoms with Crippen molar-refractivity contribution in [1.29, 1.82) is 0 Å². The number of aromatic nitrogens is 1. The van der Waals surface area contributed by atoms with Gasteiger partial charge in [-0.25, -0.2) is 10.4 Å². The number of carbonyl (C=O) groups excluding carboxylic acids is 1. The lowest BCUT2D eigenvalue weighted by molar-refractivity contribution is 0.0958. The Morgan fingerprint density at radius 3 is 2.77 bits per heavy atom. The van der Waals surface area contributed by atoms with Crippen molar-refractivity contribution >= 4 is 28.6 Å². The van der Waals surface area contributed by atoms with Gasteiger partial charge in [-0.05, 0) is 25.1 Å². The first kappa shape index (κ1) is 15.8. The molecule has 2 aromatic rings. The fraction of sp³-hybridized carbons (Fsp3) is 0.214. The molecule has 1 amide bonds. The van der Waals surface area contributed by atoms with Crippen LogP contribution in [-0.4, -0.2) is 31.3 Å². The second-order valence-electron chi connectivity index (χ2n) is 4.27. The van der Waals surface area contributed by atoms with Crippen LogP contribution in [0.3, 0.4) is 0 Å². The molecule has 0 aliphatic carbocycles. The van der Waals surface area contributed by atoms with Gasteiger partial charge in [-0.3, -0.25) is 4.79 Å². The van der Waals surface area contributed by atoms with Crippen LogP contribution in [-0.2, 0) is 0 Å². The van der Waals surface area contributed by atoms with Crippen LogP contribution in [0.2, 0.25) is 0 Å². The van der Waals surface area contributed by atoms with Gasteiger partial charge < -0.3 is 15.2 Å². The predicted octanol–water partition coefficient (Wildman–Crippen LogP) is 1.81. The summed E-state index contributed by atoms with van der Waals surface area (Å²) in [7, 11) is 3.13. The molecule has 8 heteroatoms. The summed E-state index contributed by atoms with van der Waals surface area (Å²) in [5.41, 5.74) is 9.27. The van der Waals surface area contributed by atoms with Gasteiger partial charge in [-0.15, -0.1) is 0 Å². The van der Waals surface area contributed by atoms with E-state index in [0.29, 0.717) is 32.8 Å². The van der Waals surface area contributed by atoms with E-state index >= 15 is 0 Å². The summed E-state index contributed by atoms with van der Waals surface area (Å²) in [6, 6.07) is 5.29. The lowest BCUT2D eigenvalue weighted by Crippen LogP contribution is -2.17. The third kappa shape index (κ3) is 3.53. The molecule has 0 radical (unpaired) electrons. The number of hydrogen-bond acceptors (Lipinski definition) is 7. The van der Waals surface area contributed by atoms with Gasteiger partial charge in [0.1, 0.15) is 16.4 Å². The number of hydrogen-bond donors (Lipinski definition) is 2. The molecule has 0 atom stereocenters. The number of rotatable bonds is 5. The number of nitrogen functional groups attached to an aromatic ring is 1. The summed E-state index contributed by atoms with van der Waals surface area (Å²) >= 11 is 1.12. The summed E-state index contributed by atoms with van der Waals surface area (Å²) in [6.07, 6.45) is 1.49. The molecular formula is C14H16N4O3S. The number of hydrazone groups is 1. The molecule has 1 heterocycles. The third-order valence-corrected chi connectivity index (χ3v) is 3.81. The van der Waals surface area contributed by atoms with E-state index in [0.717, 1.165) is 11.3 Å². The third-order valence-electron chi connectivity index (χ3n) is 2.83. The molecule has 0 unspecified atom stereocenters. The zero-order chi connectivity index (χ0) is 16.1. The van der Waals surface area contributed by atoms with Crippen LogP contribution >= 0.6 is 11.3 Å². The lowest BCUT2D eigenvalue weighted by atomic mass is 10.2. The number of amides is 1. The Balaban J connectivity index is 2.12. The Labute approximate surface area is 131 Å². The Hall–Kier alpha value is -2.61. The highest BCUT2D eigenvalue weighted by Crippen LogP contribution is 2.22. The van der Waals surface area contributed by atoms with Crippen LogP contribution in [0.5, 0.6) is 11.5 Å². The molecule has 1 aromatic carbocycles. The molecule has 3 N–H and O–H groups in total. The number of nitrogens with one attached hydrogen (secondary N) is 1. The van der Waals surface area contributed by atoms with Gasteiger partial charge in [0.25, 0.3) is 5.91 Å². The number of nitrogens with zero attached hydrogens (tertiary/aromatic N) is 2. The highest BCUT2D eigenvalue weighted by atomic mass is 32.1. The maximum atomic E-state index is 12.0. The average Bonchev–Trinajstić information content (AvgIpc) is 2.85. The van der Waals surface area contributed by atoms with E-state index in [1.165, 1.54) is 6.21 Å². The maximum Gasteiger partial charge on any atom is 0.283 e. The van der Waals surface area contributed by atoms with Gasteiger partial charge in [0.05, 0.1) is 26.1 Å². The Morgan fingerprint density at radius 1 is 1.41 bits per heavy atom. The van der Waals surface area contributed by atoms with E-state index in [1.54, 1.807) is 39.3 Å². The summed E-state index contributed by atoms with van der Waals surface area (Å²) in [5, 5.41) is 4.28.